The molecule has 1 aromatic carbocycles. The monoisotopic (exact) mass is 234 g/mol. The van der Waals surface area contributed by atoms with E-state index in [0.29, 0.717) is 5.69 Å². The first-order chi connectivity index (χ1) is 8.08. The van der Waals surface area contributed by atoms with Crippen LogP contribution in [0.25, 0.3) is 5.69 Å². The maximum absolute atomic E-state index is 10.4. The van der Waals surface area contributed by atoms with Gasteiger partial charge in [-0.3, -0.25) is 10.1 Å². The van der Waals surface area contributed by atoms with Crippen LogP contribution in [0.3, 0.4) is 0 Å². The van der Waals surface area contributed by atoms with Gasteiger partial charge in [0.15, 0.2) is 0 Å². The first-order valence-corrected chi connectivity index (χ1v) is 4.34. The summed E-state index contributed by atoms with van der Waals surface area (Å²) in [5.41, 5.74) is 0.268. The lowest BCUT2D eigenvalue weighted by molar-refractivity contribution is -0.384. The summed E-state index contributed by atoms with van der Waals surface area (Å²) in [7, 11) is 0. The van der Waals surface area contributed by atoms with Gasteiger partial charge in [-0.05, 0) is 17.3 Å². The minimum atomic E-state index is -1.54. The fraction of sp³-hybridized carbons (Fsp3) is 0. The highest BCUT2D eigenvalue weighted by atomic mass is 16.6. The van der Waals surface area contributed by atoms with Gasteiger partial charge in [0.25, 0.3) is 5.69 Å². The number of hydrogen-bond acceptors (Lipinski definition) is 7. The van der Waals surface area contributed by atoms with E-state index in [1.54, 1.807) is 0 Å². The largest absolute Gasteiger partial charge is 0.541 e. The zero-order valence-electron chi connectivity index (χ0n) is 8.18. The minimum absolute atomic E-state index is 0.0889. The van der Waals surface area contributed by atoms with Crippen LogP contribution in [0.4, 0.5) is 5.69 Å². The molecule has 1 aromatic heterocycles. The van der Waals surface area contributed by atoms with Crippen molar-refractivity contribution in [2.24, 2.45) is 0 Å². The van der Waals surface area contributed by atoms with Crippen LogP contribution in [0, 0.1) is 10.1 Å². The summed E-state index contributed by atoms with van der Waals surface area (Å²) >= 11 is 0. The Morgan fingerprint density at radius 1 is 1.29 bits per heavy atom. The molecule has 17 heavy (non-hydrogen) atoms. The highest BCUT2D eigenvalue weighted by Gasteiger charge is 2.08. The standard InChI is InChI=1S/C8H5N5O4/c14-8(15)7-9-11-12(10-7)5-1-3-6(4-2-5)13(16)17/h1-4H,(H,14,15)/p-1. The zero-order chi connectivity index (χ0) is 12.4. The van der Waals surface area contributed by atoms with Crippen LogP contribution in [0.15, 0.2) is 24.3 Å². The Hall–Kier alpha value is -2.84. The van der Waals surface area contributed by atoms with Crippen molar-refractivity contribution in [3.05, 3.63) is 40.2 Å². The van der Waals surface area contributed by atoms with Crippen LogP contribution in [0.1, 0.15) is 10.6 Å². The highest BCUT2D eigenvalue weighted by Crippen LogP contribution is 2.13. The molecule has 2 rings (SSSR count). The van der Waals surface area contributed by atoms with Gasteiger partial charge < -0.3 is 9.90 Å². The van der Waals surface area contributed by atoms with Gasteiger partial charge in [-0.25, -0.2) is 0 Å². The quantitative estimate of drug-likeness (QED) is 0.488. The van der Waals surface area contributed by atoms with Gasteiger partial charge in [0.05, 0.1) is 10.6 Å². The second-order valence-electron chi connectivity index (χ2n) is 2.96. The number of nitro groups is 1. The number of rotatable bonds is 3. The Balaban J connectivity index is 2.33. The van der Waals surface area contributed by atoms with Gasteiger partial charge in [-0.2, -0.15) is 0 Å². The topological polar surface area (TPSA) is 127 Å². The molecule has 9 heteroatoms. The predicted molar refractivity (Wildman–Crippen MR) is 50.1 cm³/mol. The molecule has 2 aromatic rings. The lowest BCUT2D eigenvalue weighted by Gasteiger charge is -1.97. The van der Waals surface area contributed by atoms with E-state index in [-0.39, 0.29) is 5.69 Å². The normalized spacial score (nSPS) is 10.1. The summed E-state index contributed by atoms with van der Waals surface area (Å²) in [5.74, 6) is -2.10. The molecule has 0 saturated heterocycles. The number of nitrogens with zero attached hydrogens (tertiary/aromatic N) is 5. The second-order valence-corrected chi connectivity index (χ2v) is 2.96. The number of carbonyl (C=O) groups is 1. The Kier molecular flexibility index (Phi) is 2.49. The number of carbonyl (C=O) groups excluding carboxylic acids is 1. The SMILES string of the molecule is O=C([O-])c1nnn(-c2ccc([N+](=O)[O-])cc2)n1. The van der Waals surface area contributed by atoms with Crippen LogP contribution in [0.2, 0.25) is 0 Å². The molecule has 0 amide bonds. The first kappa shape index (κ1) is 10.7. The third-order valence-electron chi connectivity index (χ3n) is 1.89. The van der Waals surface area contributed by atoms with Gasteiger partial charge >= 0.3 is 0 Å². The number of aromatic nitrogens is 4. The van der Waals surface area contributed by atoms with E-state index in [0.717, 1.165) is 4.80 Å². The van der Waals surface area contributed by atoms with Crippen molar-refractivity contribution in [2.45, 2.75) is 0 Å². The number of hydrogen-bond donors (Lipinski definition) is 0. The van der Waals surface area contributed by atoms with Crippen LogP contribution in [0.5, 0.6) is 0 Å². The third-order valence-corrected chi connectivity index (χ3v) is 1.89. The molecule has 0 spiro atoms. The first-order valence-electron chi connectivity index (χ1n) is 4.34. The van der Waals surface area contributed by atoms with Gasteiger partial charge in [0.1, 0.15) is 5.97 Å². The number of non-ortho nitro benzene ring substituents is 1. The van der Waals surface area contributed by atoms with Crippen LogP contribution >= 0.6 is 0 Å². The molecule has 0 radical (unpaired) electrons. The van der Waals surface area contributed by atoms with Crippen molar-refractivity contribution in [1.29, 1.82) is 0 Å². The summed E-state index contributed by atoms with van der Waals surface area (Å²) in [4.78, 5) is 21.2. The lowest BCUT2D eigenvalue weighted by atomic mass is 10.3. The van der Waals surface area contributed by atoms with Gasteiger partial charge in [0.2, 0.25) is 5.82 Å². The average molecular weight is 234 g/mol. The highest BCUT2D eigenvalue weighted by molar-refractivity contribution is 5.80. The minimum Gasteiger partial charge on any atom is -0.541 e. The van der Waals surface area contributed by atoms with Crippen LogP contribution in [-0.4, -0.2) is 31.1 Å². The molecule has 9 nitrogen and oxygen atoms in total. The third kappa shape index (κ3) is 2.07. The van der Waals surface area contributed by atoms with Crippen LogP contribution < -0.4 is 5.11 Å². The van der Waals surface area contributed by atoms with E-state index in [1.165, 1.54) is 24.3 Å². The molecule has 0 aliphatic carbocycles. The van der Waals surface area contributed by atoms with Gasteiger partial charge in [-0.15, -0.1) is 15.0 Å². The van der Waals surface area contributed by atoms with Crippen molar-refractivity contribution in [2.75, 3.05) is 0 Å². The van der Waals surface area contributed by atoms with Crippen molar-refractivity contribution < 1.29 is 14.8 Å². The average Bonchev–Trinajstić information content (AvgIpc) is 2.78. The van der Waals surface area contributed by atoms with Crippen LogP contribution in [-0.2, 0) is 0 Å². The number of benzene rings is 1. The van der Waals surface area contributed by atoms with E-state index < -0.39 is 16.7 Å². The number of carboxylic acid groups (broad SMARTS) is 1. The Morgan fingerprint density at radius 2 is 1.94 bits per heavy atom. The molecule has 0 unspecified atom stereocenters. The molecule has 0 aliphatic rings. The summed E-state index contributed by atoms with van der Waals surface area (Å²) in [6.45, 7) is 0. The van der Waals surface area contributed by atoms with E-state index in [1.807, 2.05) is 0 Å². The zero-order valence-corrected chi connectivity index (χ0v) is 8.18. The number of tetrazole rings is 1. The Labute approximate surface area is 93.4 Å². The molecule has 0 bridgehead atoms. The molecule has 0 atom stereocenters. The van der Waals surface area contributed by atoms with Crippen molar-refractivity contribution in [3.63, 3.8) is 0 Å². The molecule has 0 fully saturated rings. The van der Waals surface area contributed by atoms with Crippen molar-refractivity contribution in [1.82, 2.24) is 20.2 Å². The second kappa shape index (κ2) is 3.96. The van der Waals surface area contributed by atoms with E-state index in [4.69, 9.17) is 0 Å². The number of aromatic carboxylic acids is 1. The number of carboxylic acids is 1. The summed E-state index contributed by atoms with van der Waals surface area (Å²) in [6.07, 6.45) is 0. The molecule has 86 valence electrons. The molecule has 0 aliphatic heterocycles. The van der Waals surface area contributed by atoms with Gasteiger partial charge in [-0.1, -0.05) is 0 Å². The predicted octanol–water partition coefficient (Wildman–Crippen LogP) is -1.07. The maximum Gasteiger partial charge on any atom is 0.269 e. The smallest absolute Gasteiger partial charge is 0.269 e. The maximum atomic E-state index is 10.4. The molecule has 0 N–H and O–H groups in total. The molecular weight excluding hydrogens is 230 g/mol. The Bertz CT molecular complexity index is 576. The molecule has 1 heterocycles. The molecule has 0 saturated carbocycles. The van der Waals surface area contributed by atoms with E-state index in [9.17, 15) is 20.0 Å². The lowest BCUT2D eigenvalue weighted by Crippen LogP contribution is -2.23. The fourth-order valence-electron chi connectivity index (χ4n) is 1.11. The summed E-state index contributed by atoms with van der Waals surface area (Å²) in [5, 5.41) is 31.0. The Morgan fingerprint density at radius 3 is 2.41 bits per heavy atom. The number of nitro benzene ring substituents is 1. The summed E-state index contributed by atoms with van der Waals surface area (Å²) < 4.78 is 0. The van der Waals surface area contributed by atoms with Gasteiger partial charge in [0, 0.05) is 12.1 Å². The van der Waals surface area contributed by atoms with E-state index in [2.05, 4.69) is 15.4 Å². The molecular formula is C8H4N5O4-. The van der Waals surface area contributed by atoms with Crippen molar-refractivity contribution in [3.8, 4) is 5.69 Å². The fourth-order valence-corrected chi connectivity index (χ4v) is 1.11. The van der Waals surface area contributed by atoms with Crippen molar-refractivity contribution >= 4 is 11.7 Å². The summed E-state index contributed by atoms with van der Waals surface area (Å²) in [6, 6.07) is 5.24. The van der Waals surface area contributed by atoms with E-state index >= 15 is 0 Å².